The molecule has 32 heavy (non-hydrogen) atoms. The predicted molar refractivity (Wildman–Crippen MR) is 126 cm³/mol. The number of fused-ring (bicyclic) bond motifs is 1. The highest BCUT2D eigenvalue weighted by Gasteiger charge is 2.20. The zero-order valence-corrected chi connectivity index (χ0v) is 18.8. The van der Waals surface area contributed by atoms with Gasteiger partial charge in [-0.05, 0) is 49.7 Å². The number of benzene rings is 2. The zero-order valence-electron chi connectivity index (χ0n) is 18.0. The van der Waals surface area contributed by atoms with E-state index in [4.69, 9.17) is 0 Å². The molecule has 0 radical (unpaired) electrons. The second-order valence-corrected chi connectivity index (χ2v) is 8.97. The van der Waals surface area contributed by atoms with Crippen molar-refractivity contribution in [3.05, 3.63) is 67.1 Å². The van der Waals surface area contributed by atoms with Crippen molar-refractivity contribution in [2.75, 3.05) is 11.3 Å². The summed E-state index contributed by atoms with van der Waals surface area (Å²) in [6, 6.07) is 16.7. The van der Waals surface area contributed by atoms with Crippen molar-refractivity contribution >= 4 is 44.0 Å². The van der Waals surface area contributed by atoms with Gasteiger partial charge in [0, 0.05) is 5.71 Å². The predicted octanol–water partition coefficient (Wildman–Crippen LogP) is 3.92. The van der Waals surface area contributed by atoms with Crippen LogP contribution in [0.25, 0.3) is 16.7 Å². The summed E-state index contributed by atoms with van der Waals surface area (Å²) in [5.41, 5.74) is 3.89. The van der Waals surface area contributed by atoms with E-state index in [0.29, 0.717) is 22.5 Å². The number of sulfonamides is 1. The van der Waals surface area contributed by atoms with Gasteiger partial charge in [-0.1, -0.05) is 25.1 Å². The van der Waals surface area contributed by atoms with Crippen LogP contribution in [-0.2, 0) is 10.0 Å². The SMILES string of the molecule is CCC(C)=Nc1ccc(-n2ncc3c(N(NS(C)(=O)=O)c4ccccc4)ncnc32)cc1. The van der Waals surface area contributed by atoms with Crippen LogP contribution in [0.5, 0.6) is 0 Å². The number of aromatic nitrogens is 4. The molecule has 0 aliphatic carbocycles. The van der Waals surface area contributed by atoms with Crippen LogP contribution in [0.4, 0.5) is 17.2 Å². The molecule has 1 N–H and O–H groups in total. The Kier molecular flexibility index (Phi) is 5.97. The van der Waals surface area contributed by atoms with Crippen LogP contribution in [-0.4, -0.2) is 40.1 Å². The minimum Gasteiger partial charge on any atom is -0.258 e. The number of nitrogens with one attached hydrogen (secondary N) is 1. The molecule has 0 aliphatic heterocycles. The summed E-state index contributed by atoms with van der Waals surface area (Å²) in [6.45, 7) is 4.06. The van der Waals surface area contributed by atoms with Crippen LogP contribution in [0.3, 0.4) is 0 Å². The smallest absolute Gasteiger partial charge is 0.225 e. The van der Waals surface area contributed by atoms with Gasteiger partial charge in [-0.15, -0.1) is 4.83 Å². The molecular weight excluding hydrogens is 426 g/mol. The number of hydrazine groups is 1. The molecule has 9 nitrogen and oxygen atoms in total. The normalized spacial score (nSPS) is 12.3. The van der Waals surface area contributed by atoms with Gasteiger partial charge in [0.05, 0.1) is 34.9 Å². The summed E-state index contributed by atoms with van der Waals surface area (Å²) in [7, 11) is -3.57. The molecule has 2 aromatic heterocycles. The van der Waals surface area contributed by atoms with Gasteiger partial charge in [-0.3, -0.25) is 4.99 Å². The lowest BCUT2D eigenvalue weighted by atomic mass is 10.2. The molecule has 4 rings (SSSR count). The van der Waals surface area contributed by atoms with Gasteiger partial charge in [-0.2, -0.15) is 5.10 Å². The maximum absolute atomic E-state index is 12.1. The third-order valence-electron chi connectivity index (χ3n) is 4.75. The van der Waals surface area contributed by atoms with Gasteiger partial charge < -0.3 is 0 Å². The van der Waals surface area contributed by atoms with Crippen molar-refractivity contribution < 1.29 is 8.42 Å². The van der Waals surface area contributed by atoms with Crippen molar-refractivity contribution in [1.82, 2.24) is 24.6 Å². The largest absolute Gasteiger partial charge is 0.258 e. The van der Waals surface area contributed by atoms with E-state index in [0.717, 1.165) is 29.8 Å². The first-order valence-electron chi connectivity index (χ1n) is 10.0. The number of hydrogen-bond acceptors (Lipinski definition) is 7. The summed E-state index contributed by atoms with van der Waals surface area (Å²) < 4.78 is 25.8. The third kappa shape index (κ3) is 4.66. The molecule has 0 fully saturated rings. The van der Waals surface area contributed by atoms with Crippen molar-refractivity contribution in [3.8, 4) is 5.69 Å². The summed E-state index contributed by atoms with van der Waals surface area (Å²) in [6.07, 6.45) is 5.00. The second kappa shape index (κ2) is 8.85. The van der Waals surface area contributed by atoms with Gasteiger partial charge in [0.15, 0.2) is 11.5 Å². The maximum atomic E-state index is 12.1. The van der Waals surface area contributed by atoms with E-state index in [2.05, 4.69) is 31.8 Å². The van der Waals surface area contributed by atoms with Gasteiger partial charge in [0.1, 0.15) is 6.33 Å². The number of aliphatic imine (C=N–C) groups is 1. The number of hydrogen-bond donors (Lipinski definition) is 1. The Morgan fingerprint density at radius 2 is 1.81 bits per heavy atom. The second-order valence-electron chi connectivity index (χ2n) is 7.24. The Hall–Kier alpha value is -3.63. The monoisotopic (exact) mass is 449 g/mol. The highest BCUT2D eigenvalue weighted by Crippen LogP contribution is 2.29. The molecule has 0 spiro atoms. The lowest BCUT2D eigenvalue weighted by Gasteiger charge is -2.23. The fourth-order valence-corrected chi connectivity index (χ4v) is 3.65. The molecule has 10 heteroatoms. The Labute approximate surface area is 186 Å². The topological polar surface area (TPSA) is 105 Å². The molecule has 0 saturated carbocycles. The summed E-state index contributed by atoms with van der Waals surface area (Å²) in [4.78, 5) is 15.8. The molecule has 164 valence electrons. The summed E-state index contributed by atoms with van der Waals surface area (Å²) in [5.74, 6) is 0.373. The van der Waals surface area contributed by atoms with Gasteiger partial charge in [0.25, 0.3) is 0 Å². The molecule has 0 atom stereocenters. The van der Waals surface area contributed by atoms with E-state index in [1.165, 1.54) is 11.3 Å². The summed E-state index contributed by atoms with van der Waals surface area (Å²) in [5, 5.41) is 6.49. The molecule has 0 bridgehead atoms. The van der Waals surface area contributed by atoms with Crippen LogP contribution in [0.15, 0.2) is 72.1 Å². The van der Waals surface area contributed by atoms with Crippen LogP contribution >= 0.6 is 0 Å². The quantitative estimate of drug-likeness (QED) is 0.339. The Balaban J connectivity index is 1.79. The third-order valence-corrected chi connectivity index (χ3v) is 5.27. The van der Waals surface area contributed by atoms with E-state index in [1.807, 2.05) is 49.4 Å². The Bertz CT molecular complexity index is 1360. The minimum atomic E-state index is -3.57. The van der Waals surface area contributed by atoms with E-state index < -0.39 is 10.0 Å². The lowest BCUT2D eigenvalue weighted by Crippen LogP contribution is -2.38. The highest BCUT2D eigenvalue weighted by molar-refractivity contribution is 7.88. The number of rotatable bonds is 7. The minimum absolute atomic E-state index is 0.373. The van der Waals surface area contributed by atoms with Gasteiger partial charge >= 0.3 is 0 Å². The average molecular weight is 450 g/mol. The van der Waals surface area contributed by atoms with Crippen LogP contribution in [0, 0.1) is 0 Å². The average Bonchev–Trinajstić information content (AvgIpc) is 3.22. The molecule has 0 saturated heterocycles. The standard InChI is InChI=1S/C22H23N7O2S/c1-4-16(2)26-17-10-12-19(13-11-17)28-21-20(14-25-28)22(24-15-23-21)29(27-32(3,30)31)18-8-6-5-7-9-18/h5-15,27H,4H2,1-3H3. The van der Waals surface area contributed by atoms with Crippen molar-refractivity contribution in [1.29, 1.82) is 0 Å². The van der Waals surface area contributed by atoms with Crippen LogP contribution in [0.2, 0.25) is 0 Å². The first kappa shape index (κ1) is 21.6. The first-order valence-corrected chi connectivity index (χ1v) is 11.9. The number of para-hydroxylation sites is 1. The zero-order chi connectivity index (χ0) is 22.7. The fraction of sp³-hybridized carbons (Fsp3) is 0.182. The summed E-state index contributed by atoms with van der Waals surface area (Å²) >= 11 is 0. The molecule has 0 amide bonds. The molecule has 0 unspecified atom stereocenters. The van der Waals surface area contributed by atoms with Crippen LogP contribution < -0.4 is 9.84 Å². The highest BCUT2D eigenvalue weighted by atomic mass is 32.2. The Morgan fingerprint density at radius 1 is 1.09 bits per heavy atom. The molecule has 2 aromatic carbocycles. The van der Waals surface area contributed by atoms with Crippen molar-refractivity contribution in [3.63, 3.8) is 0 Å². The lowest BCUT2D eigenvalue weighted by molar-refractivity contribution is 0.588. The van der Waals surface area contributed by atoms with Gasteiger partial charge in [0.2, 0.25) is 10.0 Å². The van der Waals surface area contributed by atoms with Gasteiger partial charge in [-0.25, -0.2) is 28.1 Å². The van der Waals surface area contributed by atoms with Crippen LogP contribution in [0.1, 0.15) is 20.3 Å². The molecular formula is C22H23N7O2S. The van der Waals surface area contributed by atoms with E-state index >= 15 is 0 Å². The van der Waals surface area contributed by atoms with E-state index in [9.17, 15) is 8.42 Å². The maximum Gasteiger partial charge on any atom is 0.225 e. The van der Waals surface area contributed by atoms with Crippen molar-refractivity contribution in [2.45, 2.75) is 20.3 Å². The fourth-order valence-electron chi connectivity index (χ4n) is 3.13. The number of nitrogens with zero attached hydrogens (tertiary/aromatic N) is 6. The number of anilines is 2. The van der Waals surface area contributed by atoms with E-state index in [-0.39, 0.29) is 0 Å². The first-order chi connectivity index (χ1) is 15.4. The molecule has 2 heterocycles. The molecule has 4 aromatic rings. The molecule has 0 aliphatic rings. The Morgan fingerprint density at radius 3 is 2.47 bits per heavy atom. The van der Waals surface area contributed by atoms with Crippen molar-refractivity contribution in [2.24, 2.45) is 4.99 Å². The van der Waals surface area contributed by atoms with E-state index in [1.54, 1.807) is 23.0 Å².